The molecule has 0 amide bonds. The molecule has 0 aromatic carbocycles. The highest BCUT2D eigenvalue weighted by molar-refractivity contribution is 7.21. The highest BCUT2D eigenvalue weighted by Crippen LogP contribution is 2.30. The smallest absolute Gasteiger partial charge is 0.182 e. The summed E-state index contributed by atoms with van der Waals surface area (Å²) in [5, 5.41) is 0.572. The van der Waals surface area contributed by atoms with E-state index in [9.17, 15) is 0 Å². The molecular weight excluding hydrogens is 284 g/mol. The quantitative estimate of drug-likeness (QED) is 0.780. The second kappa shape index (κ2) is 4.92. The van der Waals surface area contributed by atoms with Crippen LogP contribution < -0.4 is 10.6 Å². The molecule has 4 heterocycles. The molecule has 1 atom stereocenters. The second-order valence-electron chi connectivity index (χ2n) is 5.11. The van der Waals surface area contributed by atoms with Gasteiger partial charge >= 0.3 is 0 Å². The predicted octanol–water partition coefficient (Wildman–Crippen LogP) is 2.06. The van der Waals surface area contributed by atoms with Crippen molar-refractivity contribution < 1.29 is 0 Å². The minimum Gasteiger partial charge on any atom is -0.375 e. The van der Waals surface area contributed by atoms with Crippen LogP contribution in [0.1, 0.15) is 18.0 Å². The van der Waals surface area contributed by atoms with Gasteiger partial charge < -0.3 is 10.6 Å². The van der Waals surface area contributed by atoms with E-state index in [2.05, 4.69) is 37.0 Å². The number of anilines is 2. The lowest BCUT2D eigenvalue weighted by atomic mass is 10.0. The van der Waals surface area contributed by atoms with Gasteiger partial charge in [-0.1, -0.05) is 11.3 Å². The Kier molecular flexibility index (Phi) is 2.92. The average Bonchev–Trinajstić information content (AvgIpc) is 3.12. The number of nitrogen functional groups attached to an aromatic ring is 1. The van der Waals surface area contributed by atoms with Crippen LogP contribution in [0.4, 0.5) is 10.9 Å². The van der Waals surface area contributed by atoms with Gasteiger partial charge in [0.15, 0.2) is 10.8 Å². The molecule has 3 aromatic rings. The van der Waals surface area contributed by atoms with Gasteiger partial charge in [-0.15, -0.1) is 0 Å². The summed E-state index contributed by atoms with van der Waals surface area (Å²) in [5.41, 5.74) is 7.58. The first kappa shape index (κ1) is 12.5. The molecule has 1 fully saturated rings. The molecule has 2 N–H and O–H groups in total. The fourth-order valence-corrected chi connectivity index (χ4v) is 3.42. The Bertz CT molecular complexity index is 771. The number of thiazole rings is 1. The Morgan fingerprint density at radius 2 is 2.19 bits per heavy atom. The molecule has 0 spiro atoms. The Balaban J connectivity index is 1.59. The summed E-state index contributed by atoms with van der Waals surface area (Å²) in [6, 6.07) is 4.15. The number of rotatable bonds is 2. The number of aromatic nitrogens is 4. The normalized spacial score (nSPS) is 18.5. The maximum atomic E-state index is 5.74. The van der Waals surface area contributed by atoms with E-state index in [4.69, 9.17) is 5.73 Å². The maximum absolute atomic E-state index is 5.74. The lowest BCUT2D eigenvalue weighted by Crippen LogP contribution is -2.20. The van der Waals surface area contributed by atoms with E-state index < -0.39 is 0 Å². The molecule has 1 aliphatic rings. The minimum absolute atomic E-state index is 0.402. The first-order valence-electron chi connectivity index (χ1n) is 6.83. The van der Waals surface area contributed by atoms with Gasteiger partial charge in [0.1, 0.15) is 5.82 Å². The van der Waals surface area contributed by atoms with E-state index in [0.29, 0.717) is 11.0 Å². The molecule has 0 unspecified atom stereocenters. The molecular formula is C14H14N6S. The molecule has 0 bridgehead atoms. The van der Waals surface area contributed by atoms with Gasteiger partial charge in [0.25, 0.3) is 0 Å². The van der Waals surface area contributed by atoms with Crippen molar-refractivity contribution in [2.24, 2.45) is 0 Å². The van der Waals surface area contributed by atoms with Gasteiger partial charge in [-0.2, -0.15) is 0 Å². The van der Waals surface area contributed by atoms with E-state index >= 15 is 0 Å². The van der Waals surface area contributed by atoms with Crippen LogP contribution in [-0.4, -0.2) is 33.0 Å². The molecule has 4 rings (SSSR count). The molecule has 1 saturated heterocycles. The van der Waals surface area contributed by atoms with Crippen LogP contribution in [-0.2, 0) is 0 Å². The van der Waals surface area contributed by atoms with E-state index in [1.807, 2.05) is 0 Å². The molecule has 6 nitrogen and oxygen atoms in total. The number of fused-ring (bicyclic) bond motifs is 1. The molecule has 106 valence electrons. The van der Waals surface area contributed by atoms with Crippen molar-refractivity contribution in [1.29, 1.82) is 0 Å². The first-order chi connectivity index (χ1) is 10.3. The molecule has 0 saturated carbocycles. The highest BCUT2D eigenvalue weighted by Gasteiger charge is 2.26. The summed E-state index contributed by atoms with van der Waals surface area (Å²) in [5.74, 6) is 1.33. The zero-order chi connectivity index (χ0) is 14.2. The van der Waals surface area contributed by atoms with Crippen LogP contribution in [0.25, 0.3) is 10.3 Å². The molecule has 3 aromatic heterocycles. The van der Waals surface area contributed by atoms with Gasteiger partial charge in [0, 0.05) is 37.1 Å². The lowest BCUT2D eigenvalue weighted by molar-refractivity contribution is 0.747. The van der Waals surface area contributed by atoms with Gasteiger partial charge in [-0.05, 0) is 18.6 Å². The third-order valence-corrected chi connectivity index (χ3v) is 4.61. The van der Waals surface area contributed by atoms with Crippen molar-refractivity contribution in [3.8, 4) is 0 Å². The fourth-order valence-electron chi connectivity index (χ4n) is 2.74. The van der Waals surface area contributed by atoms with Gasteiger partial charge in [0.05, 0.1) is 10.9 Å². The SMILES string of the molecule is Nc1nc2nc([C@@H]3CCN(c4cnccn4)C3)ccc2s1. The van der Waals surface area contributed by atoms with Crippen LogP contribution in [0.2, 0.25) is 0 Å². The summed E-state index contributed by atoms with van der Waals surface area (Å²) in [7, 11) is 0. The number of hydrogen-bond acceptors (Lipinski definition) is 7. The van der Waals surface area contributed by atoms with Crippen molar-refractivity contribution in [2.75, 3.05) is 23.7 Å². The zero-order valence-corrected chi connectivity index (χ0v) is 12.1. The number of nitrogens with zero attached hydrogens (tertiary/aromatic N) is 5. The first-order valence-corrected chi connectivity index (χ1v) is 7.65. The average molecular weight is 298 g/mol. The van der Waals surface area contributed by atoms with Crippen LogP contribution in [0, 0.1) is 0 Å². The number of nitrogens with two attached hydrogens (primary N) is 1. The molecule has 0 radical (unpaired) electrons. The van der Waals surface area contributed by atoms with Crippen molar-refractivity contribution >= 4 is 32.6 Å². The standard InChI is InChI=1S/C14H14N6S/c15-14-19-13-11(21-14)2-1-10(18-13)9-3-6-20(8-9)12-7-16-4-5-17-12/h1-2,4-5,7,9H,3,6,8H2,(H2,15,18,19)/t9-/m1/s1. The summed E-state index contributed by atoms with van der Waals surface area (Å²) >= 11 is 1.48. The van der Waals surface area contributed by atoms with Crippen molar-refractivity contribution in [3.63, 3.8) is 0 Å². The fraction of sp³-hybridized carbons (Fsp3) is 0.286. The lowest BCUT2D eigenvalue weighted by Gasteiger charge is -2.16. The van der Waals surface area contributed by atoms with Gasteiger partial charge in [-0.3, -0.25) is 4.98 Å². The maximum Gasteiger partial charge on any atom is 0.182 e. The molecule has 0 aliphatic carbocycles. The summed E-state index contributed by atoms with van der Waals surface area (Å²) in [6.45, 7) is 1.89. The van der Waals surface area contributed by atoms with Crippen molar-refractivity contribution in [2.45, 2.75) is 12.3 Å². The largest absolute Gasteiger partial charge is 0.375 e. The topological polar surface area (TPSA) is 80.8 Å². The minimum atomic E-state index is 0.402. The number of pyridine rings is 1. The van der Waals surface area contributed by atoms with Crippen LogP contribution in [0.3, 0.4) is 0 Å². The van der Waals surface area contributed by atoms with Crippen LogP contribution >= 0.6 is 11.3 Å². The Morgan fingerprint density at radius 3 is 3.05 bits per heavy atom. The van der Waals surface area contributed by atoms with Gasteiger partial charge in [-0.25, -0.2) is 15.0 Å². The Labute approximate surface area is 125 Å². The van der Waals surface area contributed by atoms with Crippen molar-refractivity contribution in [3.05, 3.63) is 36.4 Å². The van der Waals surface area contributed by atoms with E-state index in [0.717, 1.165) is 41.4 Å². The summed E-state index contributed by atoms with van der Waals surface area (Å²) < 4.78 is 1.04. The summed E-state index contributed by atoms with van der Waals surface area (Å²) in [6.07, 6.45) is 6.29. The predicted molar refractivity (Wildman–Crippen MR) is 83.4 cm³/mol. The van der Waals surface area contributed by atoms with Gasteiger partial charge in [0.2, 0.25) is 0 Å². The van der Waals surface area contributed by atoms with E-state index in [1.165, 1.54) is 11.3 Å². The molecule has 21 heavy (non-hydrogen) atoms. The summed E-state index contributed by atoms with van der Waals surface area (Å²) in [4.78, 5) is 19.7. The third-order valence-electron chi connectivity index (χ3n) is 3.77. The zero-order valence-electron chi connectivity index (χ0n) is 11.3. The monoisotopic (exact) mass is 298 g/mol. The Morgan fingerprint density at radius 1 is 1.24 bits per heavy atom. The van der Waals surface area contributed by atoms with Crippen molar-refractivity contribution in [1.82, 2.24) is 19.9 Å². The second-order valence-corrected chi connectivity index (χ2v) is 6.17. The number of hydrogen-bond donors (Lipinski definition) is 1. The molecule has 1 aliphatic heterocycles. The van der Waals surface area contributed by atoms with E-state index in [1.54, 1.807) is 18.6 Å². The third kappa shape index (κ3) is 2.29. The van der Waals surface area contributed by atoms with E-state index in [-0.39, 0.29) is 0 Å². The van der Waals surface area contributed by atoms with Crippen LogP contribution in [0.5, 0.6) is 0 Å². The Hall–Kier alpha value is -2.28. The van der Waals surface area contributed by atoms with Crippen LogP contribution in [0.15, 0.2) is 30.7 Å². The molecule has 7 heteroatoms. The highest BCUT2D eigenvalue weighted by atomic mass is 32.1.